The standard InChI is InChI=1S/C21H18N4O2S/c1-13-4-6-14(7-5-13)16-12-28-20-18(16)21(27)25(10-8-17(22)26)19(24-20)15-3-2-9-23-11-15/h2-7,9,11-12H,8,10H2,1H3,(H2,22,26). The molecule has 0 spiro atoms. The van der Waals surface area contributed by atoms with E-state index in [1.165, 1.54) is 15.9 Å². The Labute approximate surface area is 165 Å². The fourth-order valence-electron chi connectivity index (χ4n) is 3.11. The third-order valence-electron chi connectivity index (χ3n) is 4.56. The van der Waals surface area contributed by atoms with Gasteiger partial charge in [-0.2, -0.15) is 0 Å². The lowest BCUT2D eigenvalue weighted by molar-refractivity contribution is -0.118. The molecule has 0 saturated heterocycles. The van der Waals surface area contributed by atoms with Crippen LogP contribution in [-0.2, 0) is 11.3 Å². The third-order valence-corrected chi connectivity index (χ3v) is 5.43. The van der Waals surface area contributed by atoms with Crippen LogP contribution in [0.1, 0.15) is 12.0 Å². The smallest absolute Gasteiger partial charge is 0.263 e. The minimum Gasteiger partial charge on any atom is -0.370 e. The van der Waals surface area contributed by atoms with Gasteiger partial charge in [-0.3, -0.25) is 19.1 Å². The van der Waals surface area contributed by atoms with E-state index in [0.717, 1.165) is 22.3 Å². The van der Waals surface area contributed by atoms with E-state index in [9.17, 15) is 9.59 Å². The van der Waals surface area contributed by atoms with Crippen molar-refractivity contribution in [1.82, 2.24) is 14.5 Å². The molecular formula is C21H18N4O2S. The van der Waals surface area contributed by atoms with Crippen molar-refractivity contribution in [3.8, 4) is 22.5 Å². The molecule has 0 atom stereocenters. The van der Waals surface area contributed by atoms with Gasteiger partial charge < -0.3 is 5.73 Å². The van der Waals surface area contributed by atoms with Crippen LogP contribution in [0.4, 0.5) is 0 Å². The molecule has 0 radical (unpaired) electrons. The summed E-state index contributed by atoms with van der Waals surface area (Å²) in [6.45, 7) is 2.19. The molecule has 0 aliphatic carbocycles. The van der Waals surface area contributed by atoms with Gasteiger partial charge in [0.05, 0.1) is 5.39 Å². The lowest BCUT2D eigenvalue weighted by atomic mass is 10.0. The Morgan fingerprint density at radius 1 is 1.18 bits per heavy atom. The summed E-state index contributed by atoms with van der Waals surface area (Å²) in [5.41, 5.74) is 8.83. The SMILES string of the molecule is Cc1ccc(-c2csc3nc(-c4cccnc4)n(CCC(N)=O)c(=O)c23)cc1. The van der Waals surface area contributed by atoms with Crippen LogP contribution in [0.15, 0.2) is 59.0 Å². The largest absolute Gasteiger partial charge is 0.370 e. The van der Waals surface area contributed by atoms with Gasteiger partial charge in [-0.15, -0.1) is 11.3 Å². The molecule has 4 rings (SSSR count). The molecule has 0 aliphatic rings. The number of nitrogens with zero attached hydrogens (tertiary/aromatic N) is 3. The molecule has 4 aromatic rings. The molecule has 140 valence electrons. The minimum absolute atomic E-state index is 0.0599. The zero-order chi connectivity index (χ0) is 19.7. The summed E-state index contributed by atoms with van der Waals surface area (Å²) in [7, 11) is 0. The monoisotopic (exact) mass is 390 g/mol. The fourth-order valence-corrected chi connectivity index (χ4v) is 4.05. The van der Waals surface area contributed by atoms with E-state index in [1.807, 2.05) is 42.6 Å². The van der Waals surface area contributed by atoms with Crippen molar-refractivity contribution < 1.29 is 4.79 Å². The van der Waals surface area contributed by atoms with Crippen molar-refractivity contribution in [2.24, 2.45) is 5.73 Å². The number of primary amides is 1. The summed E-state index contributed by atoms with van der Waals surface area (Å²) in [6, 6.07) is 11.7. The van der Waals surface area contributed by atoms with Crippen LogP contribution in [0.25, 0.3) is 32.7 Å². The zero-order valence-electron chi connectivity index (χ0n) is 15.3. The van der Waals surface area contributed by atoms with E-state index >= 15 is 0 Å². The minimum atomic E-state index is -0.465. The first-order valence-corrected chi connectivity index (χ1v) is 9.70. The van der Waals surface area contributed by atoms with Gasteiger partial charge in [0.15, 0.2) is 0 Å². The molecule has 2 N–H and O–H groups in total. The van der Waals surface area contributed by atoms with Crippen LogP contribution >= 0.6 is 11.3 Å². The molecule has 3 aromatic heterocycles. The Balaban J connectivity index is 1.96. The quantitative estimate of drug-likeness (QED) is 0.566. The second-order valence-corrected chi connectivity index (χ2v) is 7.40. The number of aromatic nitrogens is 3. The topological polar surface area (TPSA) is 90.9 Å². The van der Waals surface area contributed by atoms with Gasteiger partial charge in [-0.05, 0) is 24.6 Å². The lowest BCUT2D eigenvalue weighted by Crippen LogP contribution is -2.26. The molecular weight excluding hydrogens is 372 g/mol. The average molecular weight is 390 g/mol. The highest BCUT2D eigenvalue weighted by atomic mass is 32.1. The van der Waals surface area contributed by atoms with Crippen molar-refractivity contribution in [1.29, 1.82) is 0 Å². The van der Waals surface area contributed by atoms with Crippen molar-refractivity contribution in [3.05, 3.63) is 70.1 Å². The maximum atomic E-state index is 13.4. The van der Waals surface area contributed by atoms with Crippen LogP contribution in [-0.4, -0.2) is 20.4 Å². The predicted octanol–water partition coefficient (Wildman–Crippen LogP) is 3.37. The Morgan fingerprint density at radius 3 is 2.64 bits per heavy atom. The number of thiophene rings is 1. The second-order valence-electron chi connectivity index (χ2n) is 6.55. The number of benzene rings is 1. The van der Waals surface area contributed by atoms with Gasteiger partial charge in [-0.1, -0.05) is 29.8 Å². The van der Waals surface area contributed by atoms with Crippen molar-refractivity contribution in [2.75, 3.05) is 0 Å². The maximum absolute atomic E-state index is 13.4. The first-order valence-electron chi connectivity index (χ1n) is 8.82. The van der Waals surface area contributed by atoms with Crippen LogP contribution < -0.4 is 11.3 Å². The highest BCUT2D eigenvalue weighted by molar-refractivity contribution is 7.17. The summed E-state index contributed by atoms with van der Waals surface area (Å²) in [6.07, 6.45) is 3.38. The zero-order valence-corrected chi connectivity index (χ0v) is 16.1. The summed E-state index contributed by atoms with van der Waals surface area (Å²) < 4.78 is 1.52. The number of aryl methyl sites for hydroxylation is 1. The normalized spacial score (nSPS) is 11.0. The molecule has 0 saturated carbocycles. The van der Waals surface area contributed by atoms with Crippen molar-refractivity contribution in [3.63, 3.8) is 0 Å². The molecule has 0 fully saturated rings. The summed E-state index contributed by atoms with van der Waals surface area (Å²) >= 11 is 1.43. The first kappa shape index (κ1) is 18.1. The molecule has 0 unspecified atom stereocenters. The summed E-state index contributed by atoms with van der Waals surface area (Å²) in [5, 5.41) is 2.51. The van der Waals surface area contributed by atoms with E-state index in [1.54, 1.807) is 18.5 Å². The van der Waals surface area contributed by atoms with E-state index in [0.29, 0.717) is 16.0 Å². The first-order chi connectivity index (χ1) is 13.5. The number of pyridine rings is 1. The Kier molecular flexibility index (Phi) is 4.75. The Bertz CT molecular complexity index is 1210. The van der Waals surface area contributed by atoms with Gasteiger partial charge in [0.25, 0.3) is 5.56 Å². The number of carbonyl (C=O) groups is 1. The number of rotatable bonds is 5. The molecule has 0 bridgehead atoms. The van der Waals surface area contributed by atoms with Crippen LogP contribution in [0.3, 0.4) is 0 Å². The maximum Gasteiger partial charge on any atom is 0.263 e. The van der Waals surface area contributed by atoms with Gasteiger partial charge in [-0.25, -0.2) is 4.98 Å². The molecule has 3 heterocycles. The van der Waals surface area contributed by atoms with E-state index < -0.39 is 5.91 Å². The van der Waals surface area contributed by atoms with Gasteiger partial charge >= 0.3 is 0 Å². The number of amides is 1. The van der Waals surface area contributed by atoms with Crippen molar-refractivity contribution >= 4 is 27.5 Å². The summed E-state index contributed by atoms with van der Waals surface area (Å²) in [4.78, 5) is 34.3. The number of hydrogen-bond acceptors (Lipinski definition) is 5. The third kappa shape index (κ3) is 3.32. The highest BCUT2D eigenvalue weighted by Gasteiger charge is 2.18. The van der Waals surface area contributed by atoms with E-state index in [4.69, 9.17) is 10.7 Å². The number of hydrogen-bond donors (Lipinski definition) is 1. The fraction of sp³-hybridized carbons (Fsp3) is 0.143. The Hall–Kier alpha value is -3.32. The Morgan fingerprint density at radius 2 is 1.96 bits per heavy atom. The van der Waals surface area contributed by atoms with Crippen LogP contribution in [0.5, 0.6) is 0 Å². The molecule has 0 aliphatic heterocycles. The molecule has 7 heteroatoms. The van der Waals surface area contributed by atoms with Gasteiger partial charge in [0.1, 0.15) is 10.7 Å². The summed E-state index contributed by atoms with van der Waals surface area (Å²) in [5.74, 6) is 0.0253. The van der Waals surface area contributed by atoms with Gasteiger partial charge in [0.2, 0.25) is 5.91 Å². The van der Waals surface area contributed by atoms with E-state index in [2.05, 4.69) is 4.98 Å². The molecule has 1 aromatic carbocycles. The highest BCUT2D eigenvalue weighted by Crippen LogP contribution is 2.32. The second kappa shape index (κ2) is 7.36. The number of fused-ring (bicyclic) bond motifs is 1. The molecule has 1 amide bonds. The van der Waals surface area contributed by atoms with Crippen molar-refractivity contribution in [2.45, 2.75) is 19.9 Å². The number of nitrogens with two attached hydrogens (primary N) is 1. The van der Waals surface area contributed by atoms with Crippen LogP contribution in [0, 0.1) is 6.92 Å². The van der Waals surface area contributed by atoms with E-state index in [-0.39, 0.29) is 18.5 Å². The number of carbonyl (C=O) groups excluding carboxylic acids is 1. The average Bonchev–Trinajstić information content (AvgIpc) is 3.12. The van der Waals surface area contributed by atoms with Gasteiger partial charge in [0, 0.05) is 41.9 Å². The predicted molar refractivity (Wildman–Crippen MR) is 111 cm³/mol. The molecule has 6 nitrogen and oxygen atoms in total. The van der Waals surface area contributed by atoms with Crippen LogP contribution in [0.2, 0.25) is 0 Å². The molecule has 28 heavy (non-hydrogen) atoms. The lowest BCUT2D eigenvalue weighted by Gasteiger charge is -2.12.